The van der Waals surface area contributed by atoms with Crippen LogP contribution in [0.3, 0.4) is 0 Å². The molecule has 2 amide bonds. The molecule has 4 N–H and O–H groups in total. The van der Waals surface area contributed by atoms with Crippen molar-refractivity contribution in [3.05, 3.63) is 0 Å². The number of nitrogens with two attached hydrogens (primary N) is 1. The molecule has 1 unspecified atom stereocenters. The van der Waals surface area contributed by atoms with Crippen molar-refractivity contribution >= 4 is 27.7 Å². The summed E-state index contributed by atoms with van der Waals surface area (Å²) < 4.78 is 0. The highest BCUT2D eigenvalue weighted by Gasteiger charge is 2.05. The second-order valence-electron chi connectivity index (χ2n) is 2.45. The largest absolute Gasteiger partial charge is 0.370 e. The topological polar surface area (TPSA) is 93.5 Å². The first-order valence-corrected chi connectivity index (χ1v) is 4.73. The fraction of sp³-hybridized carbons (Fsp3) is 0.667. The third-order valence-corrected chi connectivity index (χ3v) is 1.56. The second kappa shape index (κ2) is 6.81. The van der Waals surface area contributed by atoms with E-state index < -0.39 is 5.91 Å². The quantitative estimate of drug-likeness (QED) is 0.427. The zero-order valence-electron chi connectivity index (χ0n) is 7.17. The number of alkyl halides is 1. The lowest BCUT2D eigenvalue weighted by atomic mass is 10.2. The number of primary amides is 1. The predicted molar refractivity (Wildman–Crippen MR) is 49.4 cm³/mol. The molecule has 0 aliphatic heterocycles. The monoisotopic (exact) mass is 253 g/mol. The molecule has 0 saturated carbocycles. The van der Waals surface area contributed by atoms with Gasteiger partial charge in [-0.25, -0.2) is 5.48 Å². The molecule has 0 radical (unpaired) electrons. The van der Waals surface area contributed by atoms with Gasteiger partial charge in [0.25, 0.3) is 5.91 Å². The van der Waals surface area contributed by atoms with Crippen LogP contribution in [0.4, 0.5) is 0 Å². The average Bonchev–Trinajstić information content (AvgIpc) is 2.02. The summed E-state index contributed by atoms with van der Waals surface area (Å²) in [4.78, 5) is 25.6. The van der Waals surface area contributed by atoms with Crippen molar-refractivity contribution in [1.82, 2.24) is 11.0 Å². The number of carbonyl (C=O) groups excluding carboxylic acids is 2. The summed E-state index contributed by atoms with van der Waals surface area (Å²) in [6, 6.07) is -0.242. The summed E-state index contributed by atoms with van der Waals surface area (Å²) in [5, 5.41) is 0.152. The lowest BCUT2D eigenvalue weighted by molar-refractivity contribution is -0.140. The van der Waals surface area contributed by atoms with Crippen molar-refractivity contribution in [3.63, 3.8) is 0 Å². The lowest BCUT2D eigenvalue weighted by Crippen LogP contribution is -2.38. The molecule has 0 bridgehead atoms. The molecule has 76 valence electrons. The maximum absolute atomic E-state index is 10.6. The van der Waals surface area contributed by atoms with Crippen LogP contribution in [-0.2, 0) is 14.5 Å². The smallest absolute Gasteiger partial charge is 0.255 e. The van der Waals surface area contributed by atoms with Crippen molar-refractivity contribution in [2.24, 2.45) is 5.73 Å². The van der Waals surface area contributed by atoms with Crippen molar-refractivity contribution in [1.29, 1.82) is 0 Å². The Hall–Kier alpha value is -0.660. The molecule has 0 heterocycles. The second-order valence-corrected chi connectivity index (χ2v) is 3.01. The van der Waals surface area contributed by atoms with Gasteiger partial charge in [0.05, 0.1) is 5.33 Å². The maximum atomic E-state index is 10.6. The molecule has 7 heteroatoms. The van der Waals surface area contributed by atoms with Crippen molar-refractivity contribution in [3.8, 4) is 0 Å². The Kier molecular flexibility index (Phi) is 6.47. The van der Waals surface area contributed by atoms with Crippen LogP contribution in [0, 0.1) is 0 Å². The Bertz CT molecular complexity index is 188. The number of hydroxylamine groups is 2. The summed E-state index contributed by atoms with van der Waals surface area (Å²) in [5.74, 6) is -0.755. The molecule has 6 nitrogen and oxygen atoms in total. The molecule has 1 atom stereocenters. The van der Waals surface area contributed by atoms with E-state index in [1.807, 2.05) is 0 Å². The van der Waals surface area contributed by atoms with Crippen LogP contribution in [-0.4, -0.2) is 23.2 Å². The van der Waals surface area contributed by atoms with E-state index in [2.05, 4.69) is 31.8 Å². The molecule has 0 fully saturated rings. The first-order chi connectivity index (χ1) is 6.06. The third-order valence-electron chi connectivity index (χ3n) is 1.05. The molecule has 0 aliphatic rings. The summed E-state index contributed by atoms with van der Waals surface area (Å²) in [5.41, 5.74) is 9.43. The van der Waals surface area contributed by atoms with Gasteiger partial charge in [-0.15, -0.1) is 0 Å². The van der Waals surface area contributed by atoms with Gasteiger partial charge in [-0.2, -0.15) is 10.4 Å². The van der Waals surface area contributed by atoms with Gasteiger partial charge in [0.2, 0.25) is 5.91 Å². The number of halogens is 1. The van der Waals surface area contributed by atoms with Gasteiger partial charge in [0.15, 0.2) is 0 Å². The predicted octanol–water partition coefficient (Wildman–Crippen LogP) is -0.802. The minimum Gasteiger partial charge on any atom is -0.370 e. The summed E-state index contributed by atoms with van der Waals surface area (Å²) in [6.07, 6.45) is 0.143. The number of nitrogens with one attached hydrogen (secondary N) is 2. The molecular formula is C6H12BrN3O3. The molecule has 0 aliphatic carbocycles. The van der Waals surface area contributed by atoms with E-state index in [4.69, 9.17) is 5.73 Å². The normalized spacial score (nSPS) is 12.2. The minimum atomic E-state index is -0.435. The zero-order valence-corrected chi connectivity index (χ0v) is 8.76. The van der Waals surface area contributed by atoms with Crippen LogP contribution in [0.1, 0.15) is 13.3 Å². The van der Waals surface area contributed by atoms with Crippen molar-refractivity contribution in [2.45, 2.75) is 19.4 Å². The van der Waals surface area contributed by atoms with Gasteiger partial charge in [0.1, 0.15) is 0 Å². The molecular weight excluding hydrogens is 242 g/mol. The van der Waals surface area contributed by atoms with E-state index >= 15 is 0 Å². The highest BCUT2D eigenvalue weighted by Crippen LogP contribution is 1.87. The minimum absolute atomic E-state index is 0.143. The SMILES string of the molecule is CC(CC(N)=O)NONC(=O)CBr. The van der Waals surface area contributed by atoms with Gasteiger partial charge in [-0.05, 0) is 6.92 Å². The van der Waals surface area contributed by atoms with Crippen LogP contribution in [0.25, 0.3) is 0 Å². The van der Waals surface area contributed by atoms with Gasteiger partial charge in [-0.3, -0.25) is 9.59 Å². The van der Waals surface area contributed by atoms with Crippen LogP contribution in [0.15, 0.2) is 0 Å². The molecule has 0 aromatic heterocycles. The molecule has 0 rings (SSSR count). The Labute approximate surface area is 84.2 Å². The highest BCUT2D eigenvalue weighted by atomic mass is 79.9. The number of amides is 2. The first kappa shape index (κ1) is 12.3. The van der Waals surface area contributed by atoms with Gasteiger partial charge < -0.3 is 5.73 Å². The first-order valence-electron chi connectivity index (χ1n) is 3.60. The third kappa shape index (κ3) is 7.69. The Morgan fingerprint density at radius 2 is 2.23 bits per heavy atom. The fourth-order valence-corrected chi connectivity index (χ4v) is 0.672. The standard InChI is InChI=1S/C6H12BrN3O3/c1-4(2-5(8)11)9-13-10-6(12)3-7/h4,9H,2-3H2,1H3,(H2,8,11)(H,10,12). The van der Waals surface area contributed by atoms with Crippen LogP contribution in [0.5, 0.6) is 0 Å². The van der Waals surface area contributed by atoms with Crippen molar-refractivity contribution < 1.29 is 14.5 Å². The summed E-state index contributed by atoms with van der Waals surface area (Å²) >= 11 is 2.93. The van der Waals surface area contributed by atoms with E-state index in [-0.39, 0.29) is 23.7 Å². The Morgan fingerprint density at radius 3 is 2.69 bits per heavy atom. The molecule has 0 saturated heterocycles. The van der Waals surface area contributed by atoms with Crippen LogP contribution in [0.2, 0.25) is 0 Å². The van der Waals surface area contributed by atoms with Crippen LogP contribution >= 0.6 is 15.9 Å². The molecule has 0 aromatic carbocycles. The number of hydrogen-bond donors (Lipinski definition) is 3. The molecule has 13 heavy (non-hydrogen) atoms. The van der Waals surface area contributed by atoms with Crippen LogP contribution < -0.4 is 16.7 Å². The molecule has 0 spiro atoms. The summed E-state index contributed by atoms with van der Waals surface area (Å²) in [7, 11) is 0. The van der Waals surface area contributed by atoms with Gasteiger partial charge in [-0.1, -0.05) is 15.9 Å². The average molecular weight is 254 g/mol. The van der Waals surface area contributed by atoms with E-state index in [1.165, 1.54) is 0 Å². The van der Waals surface area contributed by atoms with Gasteiger partial charge in [0, 0.05) is 12.5 Å². The highest BCUT2D eigenvalue weighted by molar-refractivity contribution is 9.09. The zero-order chi connectivity index (χ0) is 10.3. The van der Waals surface area contributed by atoms with E-state index in [0.717, 1.165) is 0 Å². The van der Waals surface area contributed by atoms with E-state index in [9.17, 15) is 9.59 Å². The van der Waals surface area contributed by atoms with Gasteiger partial charge >= 0.3 is 0 Å². The van der Waals surface area contributed by atoms with E-state index in [0.29, 0.717) is 0 Å². The lowest BCUT2D eigenvalue weighted by Gasteiger charge is -2.10. The molecule has 0 aromatic rings. The van der Waals surface area contributed by atoms with E-state index in [1.54, 1.807) is 6.92 Å². The number of hydrogen-bond acceptors (Lipinski definition) is 4. The fourth-order valence-electron chi connectivity index (χ4n) is 0.558. The summed E-state index contributed by atoms with van der Waals surface area (Å²) in [6.45, 7) is 1.70. The Morgan fingerprint density at radius 1 is 1.62 bits per heavy atom. The van der Waals surface area contributed by atoms with Crippen molar-refractivity contribution in [2.75, 3.05) is 5.33 Å². The maximum Gasteiger partial charge on any atom is 0.255 e. The number of rotatable bonds is 6. The Balaban J connectivity index is 3.42. The number of carbonyl (C=O) groups is 2.